The lowest BCUT2D eigenvalue weighted by Crippen LogP contribution is -2.41. The highest BCUT2D eigenvalue weighted by Crippen LogP contribution is 2.44. The first-order valence-electron chi connectivity index (χ1n) is 7.26. The van der Waals surface area contributed by atoms with Gasteiger partial charge in [0.1, 0.15) is 5.00 Å². The van der Waals surface area contributed by atoms with E-state index in [1.165, 1.54) is 6.07 Å². The molecule has 1 aromatic rings. The van der Waals surface area contributed by atoms with E-state index in [0.717, 1.165) is 11.3 Å². The second-order valence-corrected chi connectivity index (χ2v) is 6.57. The van der Waals surface area contributed by atoms with Crippen molar-refractivity contribution < 1.29 is 29.0 Å². The number of carbonyl (C=O) groups excluding carboxylic acids is 3. The summed E-state index contributed by atoms with van der Waals surface area (Å²) in [5, 5.41) is 15.6. The van der Waals surface area contributed by atoms with Crippen molar-refractivity contribution in [1.29, 1.82) is 0 Å². The number of urea groups is 1. The number of carboxylic acids is 1. The van der Waals surface area contributed by atoms with Gasteiger partial charge in [-0.1, -0.05) is 0 Å². The highest BCUT2D eigenvalue weighted by Gasteiger charge is 2.55. The van der Waals surface area contributed by atoms with E-state index < -0.39 is 47.9 Å². The van der Waals surface area contributed by atoms with Crippen LogP contribution in [0.25, 0.3) is 0 Å². The van der Waals surface area contributed by atoms with Crippen molar-refractivity contribution in [2.75, 3.05) is 5.32 Å². The number of carbonyl (C=O) groups is 4. The molecular formula is C14H15N3O6S. The van der Waals surface area contributed by atoms with Gasteiger partial charge in [-0.15, -0.1) is 11.3 Å². The topological polar surface area (TPSA) is 148 Å². The number of hydrogen-bond acceptors (Lipinski definition) is 6. The van der Waals surface area contributed by atoms with Crippen LogP contribution in [0.4, 0.5) is 9.80 Å². The molecule has 10 heteroatoms. The predicted molar refractivity (Wildman–Crippen MR) is 82.5 cm³/mol. The number of nitrogens with one attached hydrogen (secondary N) is 2. The Bertz CT molecular complexity index is 717. The third kappa shape index (κ3) is 2.85. The van der Waals surface area contributed by atoms with Crippen molar-refractivity contribution in [3.8, 4) is 0 Å². The maximum atomic E-state index is 12.5. The molecule has 2 fully saturated rings. The highest BCUT2D eigenvalue weighted by molar-refractivity contribution is 7.14. The van der Waals surface area contributed by atoms with Crippen LogP contribution in [-0.2, 0) is 14.3 Å². The number of fused-ring (bicyclic) bond motifs is 2. The van der Waals surface area contributed by atoms with Crippen LogP contribution in [-0.4, -0.2) is 41.1 Å². The molecule has 0 radical (unpaired) electrons. The van der Waals surface area contributed by atoms with Gasteiger partial charge in [-0.2, -0.15) is 0 Å². The van der Waals surface area contributed by atoms with Gasteiger partial charge in [0.05, 0.1) is 29.6 Å². The molecule has 0 aromatic carbocycles. The second kappa shape index (κ2) is 6.21. The lowest BCUT2D eigenvalue weighted by Gasteiger charge is -2.23. The van der Waals surface area contributed by atoms with E-state index in [1.807, 2.05) is 5.32 Å². The third-order valence-electron chi connectivity index (χ3n) is 4.24. The van der Waals surface area contributed by atoms with Crippen molar-refractivity contribution in [2.24, 2.45) is 17.6 Å². The number of carboxylic acid groups (broad SMARTS) is 1. The van der Waals surface area contributed by atoms with E-state index in [0.29, 0.717) is 12.8 Å². The Morgan fingerprint density at radius 3 is 2.50 bits per heavy atom. The first kappa shape index (κ1) is 16.4. The molecule has 3 rings (SSSR count). The maximum absolute atomic E-state index is 12.5. The maximum Gasteiger partial charge on any atom is 0.319 e. The zero-order chi connectivity index (χ0) is 17.4. The van der Waals surface area contributed by atoms with Crippen LogP contribution >= 0.6 is 11.3 Å². The van der Waals surface area contributed by atoms with E-state index in [-0.39, 0.29) is 10.6 Å². The van der Waals surface area contributed by atoms with E-state index in [2.05, 4.69) is 5.32 Å². The molecule has 4 atom stereocenters. The first-order chi connectivity index (χ1) is 11.4. The number of nitrogens with two attached hydrogens (primary N) is 1. The first-order valence-corrected chi connectivity index (χ1v) is 8.14. The molecule has 3 heterocycles. The van der Waals surface area contributed by atoms with Crippen molar-refractivity contribution in [2.45, 2.75) is 25.0 Å². The second-order valence-electron chi connectivity index (χ2n) is 5.65. The van der Waals surface area contributed by atoms with Gasteiger partial charge in [-0.05, 0) is 24.3 Å². The van der Waals surface area contributed by atoms with Gasteiger partial charge in [0, 0.05) is 0 Å². The molecule has 1 aromatic heterocycles. The number of anilines is 1. The lowest BCUT2D eigenvalue weighted by molar-refractivity contribution is -0.147. The van der Waals surface area contributed by atoms with Gasteiger partial charge < -0.3 is 20.9 Å². The fraction of sp³-hybridized carbons (Fsp3) is 0.429. The van der Waals surface area contributed by atoms with E-state index in [4.69, 9.17) is 10.5 Å². The average Bonchev–Trinajstić information content (AvgIpc) is 3.20. The largest absolute Gasteiger partial charge is 0.481 e. The third-order valence-corrected chi connectivity index (χ3v) is 5.07. The SMILES string of the molecule is NC(=O)NC(=O)c1ccsc1NC(=O)C1C2CCC(O2)C1C(=O)O. The van der Waals surface area contributed by atoms with Crippen molar-refractivity contribution in [1.82, 2.24) is 5.32 Å². The van der Waals surface area contributed by atoms with Gasteiger partial charge in [-0.25, -0.2) is 4.79 Å². The van der Waals surface area contributed by atoms with Gasteiger partial charge in [-0.3, -0.25) is 19.7 Å². The number of imide groups is 1. The van der Waals surface area contributed by atoms with Gasteiger partial charge in [0.2, 0.25) is 5.91 Å². The monoisotopic (exact) mass is 353 g/mol. The summed E-state index contributed by atoms with van der Waals surface area (Å²) in [4.78, 5) is 46.6. The summed E-state index contributed by atoms with van der Waals surface area (Å²) >= 11 is 1.09. The molecule has 0 spiro atoms. The van der Waals surface area contributed by atoms with Crippen LogP contribution in [0.5, 0.6) is 0 Å². The summed E-state index contributed by atoms with van der Waals surface area (Å²) in [6, 6.07) is 0.431. The zero-order valence-corrected chi connectivity index (χ0v) is 13.2. The lowest BCUT2D eigenvalue weighted by atomic mass is 9.79. The summed E-state index contributed by atoms with van der Waals surface area (Å²) in [7, 11) is 0. The van der Waals surface area contributed by atoms with Crippen LogP contribution in [0, 0.1) is 11.8 Å². The van der Waals surface area contributed by atoms with Crippen LogP contribution in [0.15, 0.2) is 11.4 Å². The predicted octanol–water partition coefficient (Wildman–Crippen LogP) is 0.373. The average molecular weight is 353 g/mol. The summed E-state index contributed by atoms with van der Waals surface area (Å²) in [5.41, 5.74) is 4.99. The summed E-state index contributed by atoms with van der Waals surface area (Å²) in [6.07, 6.45) is 0.367. The molecule has 9 nitrogen and oxygen atoms in total. The number of rotatable bonds is 4. The molecular weight excluding hydrogens is 338 g/mol. The molecule has 2 aliphatic heterocycles. The van der Waals surface area contributed by atoms with Crippen LogP contribution in [0.1, 0.15) is 23.2 Å². The Labute approximate surface area is 140 Å². The Balaban J connectivity index is 1.76. The summed E-state index contributed by atoms with van der Waals surface area (Å²) < 4.78 is 5.55. The zero-order valence-electron chi connectivity index (χ0n) is 12.4. The minimum absolute atomic E-state index is 0.0862. The Morgan fingerprint density at radius 2 is 1.88 bits per heavy atom. The molecule has 2 saturated heterocycles. The fourth-order valence-corrected chi connectivity index (χ4v) is 4.07. The molecule has 2 bridgehead atoms. The summed E-state index contributed by atoms with van der Waals surface area (Å²) in [5.74, 6) is -4.02. The van der Waals surface area contributed by atoms with E-state index in [9.17, 15) is 24.3 Å². The molecule has 24 heavy (non-hydrogen) atoms. The molecule has 128 valence electrons. The van der Waals surface area contributed by atoms with Gasteiger partial charge in [0.25, 0.3) is 5.91 Å². The normalized spacial score (nSPS) is 27.7. The fourth-order valence-electron chi connectivity index (χ4n) is 3.28. The number of ether oxygens (including phenoxy) is 1. The highest BCUT2D eigenvalue weighted by atomic mass is 32.1. The number of aliphatic carboxylic acids is 1. The van der Waals surface area contributed by atoms with Gasteiger partial charge in [0.15, 0.2) is 0 Å². The van der Waals surface area contributed by atoms with Gasteiger partial charge >= 0.3 is 12.0 Å². The molecule has 0 saturated carbocycles. The number of hydrogen-bond donors (Lipinski definition) is 4. The minimum Gasteiger partial charge on any atom is -0.481 e. The van der Waals surface area contributed by atoms with E-state index in [1.54, 1.807) is 5.38 Å². The smallest absolute Gasteiger partial charge is 0.319 e. The Morgan fingerprint density at radius 1 is 1.21 bits per heavy atom. The number of amides is 4. The van der Waals surface area contributed by atoms with Crippen molar-refractivity contribution in [3.63, 3.8) is 0 Å². The van der Waals surface area contributed by atoms with Crippen LogP contribution in [0.3, 0.4) is 0 Å². The minimum atomic E-state index is -1.07. The Hall–Kier alpha value is -2.46. The number of thiophene rings is 1. The molecule has 4 unspecified atom stereocenters. The molecule has 4 amide bonds. The number of primary amides is 1. The molecule has 0 aliphatic carbocycles. The quantitative estimate of drug-likeness (QED) is 0.615. The molecule has 5 N–H and O–H groups in total. The van der Waals surface area contributed by atoms with Crippen LogP contribution in [0.2, 0.25) is 0 Å². The van der Waals surface area contributed by atoms with E-state index >= 15 is 0 Å². The van der Waals surface area contributed by atoms with Crippen molar-refractivity contribution in [3.05, 3.63) is 17.0 Å². The van der Waals surface area contributed by atoms with Crippen molar-refractivity contribution >= 4 is 40.2 Å². The van der Waals surface area contributed by atoms with Crippen LogP contribution < -0.4 is 16.4 Å². The molecule has 2 aliphatic rings. The standard InChI is InChI=1S/C14H15N3O6S/c15-14(22)17-10(18)5-3-4-24-12(5)16-11(19)8-6-1-2-7(23-6)9(8)13(20)21/h3-4,6-9H,1-2H2,(H,16,19)(H,20,21)(H3,15,17,18,22). The summed E-state index contributed by atoms with van der Waals surface area (Å²) in [6.45, 7) is 0. The Kier molecular flexibility index (Phi) is 4.24.